The molecule has 0 aliphatic carbocycles. The predicted molar refractivity (Wildman–Crippen MR) is 108 cm³/mol. The van der Waals surface area contributed by atoms with Gasteiger partial charge in [-0.1, -0.05) is 42.5 Å². The van der Waals surface area contributed by atoms with E-state index in [0.29, 0.717) is 16.8 Å². The minimum atomic E-state index is -0.180. The number of amides is 2. The van der Waals surface area contributed by atoms with E-state index >= 15 is 0 Å². The number of hydrogen-bond donors (Lipinski definition) is 2. The second-order valence-electron chi connectivity index (χ2n) is 6.45. The van der Waals surface area contributed by atoms with Crippen molar-refractivity contribution in [3.63, 3.8) is 0 Å². The van der Waals surface area contributed by atoms with Crippen LogP contribution in [0.25, 0.3) is 0 Å². The summed E-state index contributed by atoms with van der Waals surface area (Å²) in [6.07, 6.45) is 0. The van der Waals surface area contributed by atoms with Gasteiger partial charge in [0.25, 0.3) is 11.8 Å². The van der Waals surface area contributed by atoms with Gasteiger partial charge in [0.1, 0.15) is 0 Å². The zero-order chi connectivity index (χ0) is 19.2. The van der Waals surface area contributed by atoms with Crippen molar-refractivity contribution in [2.45, 2.75) is 19.9 Å². The topological polar surface area (TPSA) is 58.2 Å². The van der Waals surface area contributed by atoms with Crippen LogP contribution in [0.15, 0.2) is 78.9 Å². The SMILES string of the molecule is Cc1ccccc1C(C)NC(=O)c1ccc(NC(=O)c2ccccc2)cc1. The number of aryl methyl sites for hydroxylation is 1. The zero-order valence-corrected chi connectivity index (χ0v) is 15.4. The summed E-state index contributed by atoms with van der Waals surface area (Å²) in [5, 5.41) is 5.84. The third-order valence-electron chi connectivity index (χ3n) is 4.44. The van der Waals surface area contributed by atoms with E-state index < -0.39 is 0 Å². The fraction of sp³-hybridized carbons (Fsp3) is 0.130. The Morgan fingerprint density at radius 2 is 1.33 bits per heavy atom. The molecule has 0 bridgehead atoms. The van der Waals surface area contributed by atoms with E-state index in [1.807, 2.05) is 56.3 Å². The van der Waals surface area contributed by atoms with E-state index in [4.69, 9.17) is 0 Å². The molecule has 0 saturated heterocycles. The number of anilines is 1. The van der Waals surface area contributed by atoms with Gasteiger partial charge < -0.3 is 10.6 Å². The predicted octanol–water partition coefficient (Wildman–Crippen LogP) is 4.74. The lowest BCUT2D eigenvalue weighted by molar-refractivity contribution is 0.0939. The Hall–Kier alpha value is -3.40. The fourth-order valence-electron chi connectivity index (χ4n) is 2.93. The molecular weight excluding hydrogens is 336 g/mol. The Balaban J connectivity index is 1.64. The monoisotopic (exact) mass is 358 g/mol. The summed E-state index contributed by atoms with van der Waals surface area (Å²) in [6.45, 7) is 4.00. The van der Waals surface area contributed by atoms with Crippen LogP contribution in [-0.4, -0.2) is 11.8 Å². The van der Waals surface area contributed by atoms with Gasteiger partial charge in [0, 0.05) is 16.8 Å². The molecule has 4 nitrogen and oxygen atoms in total. The first-order valence-electron chi connectivity index (χ1n) is 8.87. The Morgan fingerprint density at radius 1 is 0.741 bits per heavy atom. The van der Waals surface area contributed by atoms with Gasteiger partial charge in [-0.2, -0.15) is 0 Å². The van der Waals surface area contributed by atoms with Crippen molar-refractivity contribution in [2.75, 3.05) is 5.32 Å². The van der Waals surface area contributed by atoms with E-state index in [1.54, 1.807) is 36.4 Å². The highest BCUT2D eigenvalue weighted by Gasteiger charge is 2.13. The molecule has 0 fully saturated rings. The normalized spacial score (nSPS) is 11.5. The van der Waals surface area contributed by atoms with Crippen LogP contribution in [-0.2, 0) is 0 Å². The number of benzene rings is 3. The molecule has 0 radical (unpaired) electrons. The van der Waals surface area contributed by atoms with Gasteiger partial charge in [-0.3, -0.25) is 9.59 Å². The standard InChI is InChI=1S/C23H22N2O2/c1-16-8-6-7-11-21(16)17(2)24-22(26)19-12-14-20(15-13-19)25-23(27)18-9-4-3-5-10-18/h3-15,17H,1-2H3,(H,24,26)(H,25,27). The van der Waals surface area contributed by atoms with Crippen molar-refractivity contribution < 1.29 is 9.59 Å². The third kappa shape index (κ3) is 4.61. The molecule has 3 aromatic rings. The maximum atomic E-state index is 12.5. The molecule has 1 atom stereocenters. The lowest BCUT2D eigenvalue weighted by Gasteiger charge is -2.16. The van der Waals surface area contributed by atoms with E-state index in [0.717, 1.165) is 11.1 Å². The zero-order valence-electron chi connectivity index (χ0n) is 15.4. The minimum absolute atomic E-state index is 0.0869. The molecule has 0 aliphatic rings. The molecule has 2 amide bonds. The van der Waals surface area contributed by atoms with Crippen molar-refractivity contribution in [1.29, 1.82) is 0 Å². The summed E-state index contributed by atoms with van der Waals surface area (Å²) in [5.41, 5.74) is 4.02. The fourth-order valence-corrected chi connectivity index (χ4v) is 2.93. The molecule has 0 aromatic heterocycles. The highest BCUT2D eigenvalue weighted by atomic mass is 16.2. The summed E-state index contributed by atoms with van der Waals surface area (Å²) in [6, 6.07) is 23.8. The largest absolute Gasteiger partial charge is 0.346 e. The number of carbonyl (C=O) groups is 2. The quantitative estimate of drug-likeness (QED) is 0.692. The number of carbonyl (C=O) groups excluding carboxylic acids is 2. The van der Waals surface area contributed by atoms with Crippen molar-refractivity contribution in [3.05, 3.63) is 101 Å². The molecular formula is C23H22N2O2. The van der Waals surface area contributed by atoms with E-state index in [2.05, 4.69) is 10.6 Å². The molecule has 27 heavy (non-hydrogen) atoms. The first-order chi connectivity index (χ1) is 13.0. The highest BCUT2D eigenvalue weighted by Crippen LogP contribution is 2.18. The molecule has 0 saturated carbocycles. The summed E-state index contributed by atoms with van der Waals surface area (Å²) in [5.74, 6) is -0.326. The van der Waals surface area contributed by atoms with E-state index in [1.165, 1.54) is 0 Å². The van der Waals surface area contributed by atoms with Gasteiger partial charge in [0.2, 0.25) is 0 Å². The molecule has 1 unspecified atom stereocenters. The number of hydrogen-bond acceptors (Lipinski definition) is 2. The lowest BCUT2D eigenvalue weighted by atomic mass is 10.0. The summed E-state index contributed by atoms with van der Waals surface area (Å²) in [7, 11) is 0. The van der Waals surface area contributed by atoms with E-state index in [9.17, 15) is 9.59 Å². The van der Waals surface area contributed by atoms with Gasteiger partial charge in [-0.05, 0) is 61.4 Å². The van der Waals surface area contributed by atoms with Crippen molar-refractivity contribution in [1.82, 2.24) is 5.32 Å². The third-order valence-corrected chi connectivity index (χ3v) is 4.44. The summed E-state index contributed by atoms with van der Waals surface area (Å²) in [4.78, 5) is 24.7. The van der Waals surface area contributed by atoms with Crippen LogP contribution in [0.2, 0.25) is 0 Å². The maximum Gasteiger partial charge on any atom is 0.255 e. The molecule has 136 valence electrons. The Kier molecular flexibility index (Phi) is 5.67. The average Bonchev–Trinajstić information content (AvgIpc) is 2.69. The molecule has 0 spiro atoms. The van der Waals surface area contributed by atoms with Crippen LogP contribution >= 0.6 is 0 Å². The van der Waals surface area contributed by atoms with Crippen LogP contribution < -0.4 is 10.6 Å². The minimum Gasteiger partial charge on any atom is -0.346 e. The Labute approximate surface area is 159 Å². The lowest BCUT2D eigenvalue weighted by Crippen LogP contribution is -2.27. The van der Waals surface area contributed by atoms with Crippen LogP contribution in [0, 0.1) is 6.92 Å². The van der Waals surface area contributed by atoms with E-state index in [-0.39, 0.29) is 17.9 Å². The first kappa shape index (κ1) is 18.4. The van der Waals surface area contributed by atoms with Crippen LogP contribution in [0.3, 0.4) is 0 Å². The van der Waals surface area contributed by atoms with Crippen LogP contribution in [0.4, 0.5) is 5.69 Å². The van der Waals surface area contributed by atoms with Gasteiger partial charge in [-0.15, -0.1) is 0 Å². The average molecular weight is 358 g/mol. The van der Waals surface area contributed by atoms with Crippen molar-refractivity contribution in [2.24, 2.45) is 0 Å². The van der Waals surface area contributed by atoms with Gasteiger partial charge in [0.05, 0.1) is 6.04 Å². The van der Waals surface area contributed by atoms with Crippen molar-refractivity contribution in [3.8, 4) is 0 Å². The molecule has 0 heterocycles. The maximum absolute atomic E-state index is 12.5. The Morgan fingerprint density at radius 3 is 2.00 bits per heavy atom. The number of nitrogens with one attached hydrogen (secondary N) is 2. The number of rotatable bonds is 5. The smallest absolute Gasteiger partial charge is 0.255 e. The van der Waals surface area contributed by atoms with Gasteiger partial charge in [-0.25, -0.2) is 0 Å². The highest BCUT2D eigenvalue weighted by molar-refractivity contribution is 6.04. The molecule has 3 aromatic carbocycles. The molecule has 0 aliphatic heterocycles. The summed E-state index contributed by atoms with van der Waals surface area (Å²) < 4.78 is 0. The molecule has 3 rings (SSSR count). The summed E-state index contributed by atoms with van der Waals surface area (Å²) >= 11 is 0. The van der Waals surface area contributed by atoms with Crippen LogP contribution in [0.1, 0.15) is 44.8 Å². The Bertz CT molecular complexity index is 934. The second kappa shape index (κ2) is 8.32. The van der Waals surface area contributed by atoms with Gasteiger partial charge >= 0.3 is 0 Å². The molecule has 2 N–H and O–H groups in total. The molecule has 4 heteroatoms. The van der Waals surface area contributed by atoms with Crippen LogP contribution in [0.5, 0.6) is 0 Å². The van der Waals surface area contributed by atoms with Gasteiger partial charge in [0.15, 0.2) is 0 Å². The first-order valence-corrected chi connectivity index (χ1v) is 8.87. The van der Waals surface area contributed by atoms with Crippen molar-refractivity contribution >= 4 is 17.5 Å². The second-order valence-corrected chi connectivity index (χ2v) is 6.45.